The monoisotopic (exact) mass is 499 g/mol. The number of carbonyl (C=O) groups is 1. The lowest BCUT2D eigenvalue weighted by atomic mass is 9.44. The standard InChI is InChI=1S/C26H45NO6S/c1-16(14-23(29)24(30)27-12-13-34(31,32)33)20-6-7-21-19-5-4-17-15-18(28)8-10-25(17,2)22(19)9-11-26(20,21)3/h16-23,28-29H,4-15H2,1-3H3,(H,27,30)(H,31,32,33)/t16-,17-,18-,19+,20-,21+,22+,23-,25+,26-/m1/s1. The summed E-state index contributed by atoms with van der Waals surface area (Å²) in [5, 5.41) is 23.2. The van der Waals surface area contributed by atoms with E-state index in [0.29, 0.717) is 29.6 Å². The summed E-state index contributed by atoms with van der Waals surface area (Å²) in [6, 6.07) is 0. The average molecular weight is 500 g/mol. The Labute approximate surface area is 205 Å². The Kier molecular flexibility index (Phi) is 7.47. The molecule has 4 rings (SSSR count). The van der Waals surface area contributed by atoms with E-state index in [2.05, 4.69) is 26.1 Å². The summed E-state index contributed by atoms with van der Waals surface area (Å²) in [4.78, 5) is 12.3. The Morgan fingerprint density at radius 1 is 1.03 bits per heavy atom. The Bertz CT molecular complexity index is 863. The topological polar surface area (TPSA) is 124 Å². The molecule has 0 spiro atoms. The number of aliphatic hydroxyl groups excluding tert-OH is 2. The maximum absolute atomic E-state index is 12.3. The molecule has 4 aliphatic carbocycles. The van der Waals surface area contributed by atoms with Crippen molar-refractivity contribution in [2.24, 2.45) is 46.3 Å². The summed E-state index contributed by atoms with van der Waals surface area (Å²) >= 11 is 0. The Balaban J connectivity index is 1.38. The molecule has 0 radical (unpaired) electrons. The van der Waals surface area contributed by atoms with E-state index in [1.807, 2.05) is 0 Å². The number of rotatable bonds is 7. The summed E-state index contributed by atoms with van der Waals surface area (Å²) in [7, 11) is -4.14. The van der Waals surface area contributed by atoms with E-state index in [-0.39, 0.29) is 24.0 Å². The fourth-order valence-corrected chi connectivity index (χ4v) is 9.62. The highest BCUT2D eigenvalue weighted by Gasteiger charge is 2.60. The normalized spacial score (nSPS) is 43.8. The van der Waals surface area contributed by atoms with Crippen LogP contribution in [0.4, 0.5) is 0 Å². The van der Waals surface area contributed by atoms with Crippen molar-refractivity contribution >= 4 is 16.0 Å². The lowest BCUT2D eigenvalue weighted by Crippen LogP contribution is -2.54. The molecule has 4 saturated carbocycles. The highest BCUT2D eigenvalue weighted by Crippen LogP contribution is 2.68. The summed E-state index contributed by atoms with van der Waals surface area (Å²) < 4.78 is 30.5. The molecule has 34 heavy (non-hydrogen) atoms. The lowest BCUT2D eigenvalue weighted by molar-refractivity contribution is -0.134. The van der Waals surface area contributed by atoms with Gasteiger partial charge in [-0.25, -0.2) is 0 Å². The minimum atomic E-state index is -4.14. The first-order valence-corrected chi connectivity index (χ1v) is 15.0. The van der Waals surface area contributed by atoms with Crippen molar-refractivity contribution in [1.82, 2.24) is 5.32 Å². The number of fused-ring (bicyclic) bond motifs is 5. The van der Waals surface area contributed by atoms with Crippen molar-refractivity contribution in [2.45, 2.75) is 97.2 Å². The van der Waals surface area contributed by atoms with E-state index in [1.54, 1.807) is 0 Å². The number of amides is 1. The third-order valence-corrected chi connectivity index (χ3v) is 11.7. The molecular weight excluding hydrogens is 454 g/mol. The lowest BCUT2D eigenvalue weighted by Gasteiger charge is -2.61. The van der Waals surface area contributed by atoms with Gasteiger partial charge in [-0.05, 0) is 111 Å². The van der Waals surface area contributed by atoms with Crippen LogP contribution in [0.5, 0.6) is 0 Å². The second-order valence-electron chi connectivity index (χ2n) is 12.6. The summed E-state index contributed by atoms with van der Waals surface area (Å²) in [5.41, 5.74) is 0.600. The molecule has 4 fully saturated rings. The molecule has 0 heterocycles. The zero-order chi connectivity index (χ0) is 24.9. The van der Waals surface area contributed by atoms with Crippen LogP contribution in [0.1, 0.15) is 85.0 Å². The van der Waals surface area contributed by atoms with E-state index in [0.717, 1.165) is 37.5 Å². The molecule has 0 saturated heterocycles. The number of hydrogen-bond acceptors (Lipinski definition) is 5. The molecular formula is C26H45NO6S. The first kappa shape index (κ1) is 26.4. The van der Waals surface area contributed by atoms with Gasteiger partial charge in [0.15, 0.2) is 0 Å². The predicted octanol–water partition coefficient (Wildman–Crippen LogP) is 3.40. The van der Waals surface area contributed by atoms with Gasteiger partial charge >= 0.3 is 0 Å². The molecule has 10 atom stereocenters. The molecule has 4 aliphatic rings. The number of carbonyl (C=O) groups excluding carboxylic acids is 1. The van der Waals surface area contributed by atoms with Crippen molar-refractivity contribution in [3.63, 3.8) is 0 Å². The smallest absolute Gasteiger partial charge is 0.266 e. The second-order valence-corrected chi connectivity index (χ2v) is 14.2. The van der Waals surface area contributed by atoms with Crippen LogP contribution in [-0.4, -0.2) is 53.6 Å². The van der Waals surface area contributed by atoms with Crippen LogP contribution in [0.2, 0.25) is 0 Å². The largest absolute Gasteiger partial charge is 0.393 e. The van der Waals surface area contributed by atoms with Crippen LogP contribution < -0.4 is 5.32 Å². The Hall–Kier alpha value is -0.700. The van der Waals surface area contributed by atoms with Gasteiger partial charge in [0, 0.05) is 6.54 Å². The molecule has 4 N–H and O–H groups in total. The van der Waals surface area contributed by atoms with Gasteiger partial charge in [-0.1, -0.05) is 20.8 Å². The van der Waals surface area contributed by atoms with E-state index in [1.165, 1.54) is 32.1 Å². The van der Waals surface area contributed by atoms with Crippen LogP contribution in [0.15, 0.2) is 0 Å². The van der Waals surface area contributed by atoms with Crippen LogP contribution >= 0.6 is 0 Å². The van der Waals surface area contributed by atoms with Crippen LogP contribution in [0.3, 0.4) is 0 Å². The molecule has 0 unspecified atom stereocenters. The maximum Gasteiger partial charge on any atom is 0.266 e. The second kappa shape index (κ2) is 9.64. The molecule has 0 aromatic heterocycles. The quantitative estimate of drug-likeness (QED) is 0.398. The molecule has 1 amide bonds. The van der Waals surface area contributed by atoms with E-state index in [9.17, 15) is 23.4 Å². The van der Waals surface area contributed by atoms with Crippen LogP contribution in [0.25, 0.3) is 0 Å². The van der Waals surface area contributed by atoms with Crippen LogP contribution in [-0.2, 0) is 14.9 Å². The van der Waals surface area contributed by atoms with E-state index >= 15 is 0 Å². The summed E-state index contributed by atoms with van der Waals surface area (Å²) in [5.74, 6) is 2.42. The van der Waals surface area contributed by atoms with Crippen molar-refractivity contribution in [3.05, 3.63) is 0 Å². The minimum absolute atomic E-state index is 0.114. The zero-order valence-electron chi connectivity index (χ0n) is 21.1. The third kappa shape index (κ3) is 4.94. The van der Waals surface area contributed by atoms with Gasteiger partial charge in [-0.2, -0.15) is 8.42 Å². The van der Waals surface area contributed by atoms with Crippen molar-refractivity contribution in [1.29, 1.82) is 0 Å². The molecule has 196 valence electrons. The highest BCUT2D eigenvalue weighted by atomic mass is 32.2. The van der Waals surface area contributed by atoms with Crippen molar-refractivity contribution in [2.75, 3.05) is 12.3 Å². The fraction of sp³-hybridized carbons (Fsp3) is 0.962. The molecule has 0 aliphatic heterocycles. The summed E-state index contributed by atoms with van der Waals surface area (Å²) in [6.07, 6.45) is 9.51. The summed E-state index contributed by atoms with van der Waals surface area (Å²) in [6.45, 7) is 6.92. The minimum Gasteiger partial charge on any atom is -0.393 e. The first-order chi connectivity index (χ1) is 15.8. The van der Waals surface area contributed by atoms with Crippen LogP contribution in [0, 0.1) is 46.3 Å². The fourth-order valence-electron chi connectivity index (χ4n) is 9.26. The molecule has 8 heteroatoms. The molecule has 0 bridgehead atoms. The first-order valence-electron chi connectivity index (χ1n) is 13.4. The highest BCUT2D eigenvalue weighted by molar-refractivity contribution is 7.85. The van der Waals surface area contributed by atoms with Gasteiger partial charge < -0.3 is 15.5 Å². The molecule has 0 aromatic rings. The van der Waals surface area contributed by atoms with Crippen molar-refractivity contribution in [3.8, 4) is 0 Å². The predicted molar refractivity (Wildman–Crippen MR) is 130 cm³/mol. The van der Waals surface area contributed by atoms with Gasteiger partial charge in [0.1, 0.15) is 6.10 Å². The van der Waals surface area contributed by atoms with Gasteiger partial charge in [-0.3, -0.25) is 9.35 Å². The van der Waals surface area contributed by atoms with E-state index in [4.69, 9.17) is 4.55 Å². The Morgan fingerprint density at radius 3 is 2.41 bits per heavy atom. The Morgan fingerprint density at radius 2 is 1.71 bits per heavy atom. The van der Waals surface area contributed by atoms with Crippen molar-refractivity contribution < 1.29 is 28.0 Å². The maximum atomic E-state index is 12.3. The average Bonchev–Trinajstić information content (AvgIpc) is 3.10. The number of nitrogens with one attached hydrogen (secondary N) is 1. The van der Waals surface area contributed by atoms with Gasteiger partial charge in [-0.15, -0.1) is 0 Å². The van der Waals surface area contributed by atoms with Gasteiger partial charge in [0.25, 0.3) is 10.1 Å². The third-order valence-electron chi connectivity index (χ3n) is 11.0. The van der Waals surface area contributed by atoms with Gasteiger partial charge in [0.2, 0.25) is 5.91 Å². The zero-order valence-corrected chi connectivity index (χ0v) is 21.9. The van der Waals surface area contributed by atoms with Gasteiger partial charge in [0.05, 0.1) is 11.9 Å². The molecule has 0 aromatic carbocycles. The number of hydrogen-bond donors (Lipinski definition) is 4. The SMILES string of the molecule is C[C@H](C[C@@H](O)C(=O)NCCS(=O)(=O)O)[C@H]1CC[C@H]2[C@@H]3CC[C@@H]4C[C@H](O)CC[C@]4(C)[C@H]3CC[C@]12C. The number of aliphatic hydroxyl groups is 2. The molecule has 7 nitrogen and oxygen atoms in total. The van der Waals surface area contributed by atoms with E-state index < -0.39 is 27.9 Å².